The summed E-state index contributed by atoms with van der Waals surface area (Å²) in [5.74, 6) is -0.938. The molecule has 2 amide bonds. The fraction of sp³-hybridized carbons (Fsp3) is 0.727. The Morgan fingerprint density at radius 1 is 1.31 bits per heavy atom. The molecule has 88 valence electrons. The van der Waals surface area contributed by atoms with Gasteiger partial charge in [0.2, 0.25) is 11.8 Å². The van der Waals surface area contributed by atoms with E-state index in [1.807, 2.05) is 6.92 Å². The van der Waals surface area contributed by atoms with E-state index in [2.05, 4.69) is 4.74 Å². The Kier molecular flexibility index (Phi) is 2.69. The second kappa shape index (κ2) is 3.88. The minimum atomic E-state index is -0.547. The Morgan fingerprint density at radius 2 is 1.81 bits per heavy atom. The number of methoxy groups -OCH3 is 1. The van der Waals surface area contributed by atoms with Crippen LogP contribution in [0.2, 0.25) is 0 Å². The number of hydrogen-bond donors (Lipinski definition) is 0. The van der Waals surface area contributed by atoms with E-state index >= 15 is 0 Å². The quantitative estimate of drug-likeness (QED) is 0.497. The van der Waals surface area contributed by atoms with Gasteiger partial charge in [-0.2, -0.15) is 0 Å². The molecular weight excluding hydrogens is 210 g/mol. The minimum absolute atomic E-state index is 0.202. The highest BCUT2D eigenvalue weighted by atomic mass is 16.5. The number of fused-ring (bicyclic) bond motifs is 1. The first kappa shape index (κ1) is 11.1. The SMILES string of the molecule is COC(=O)CN1C(=O)C2CC(C)CC2C1=O. The second-order valence-corrected chi connectivity index (χ2v) is 4.63. The first-order valence-electron chi connectivity index (χ1n) is 5.46. The van der Waals surface area contributed by atoms with E-state index in [4.69, 9.17) is 0 Å². The molecule has 1 saturated carbocycles. The van der Waals surface area contributed by atoms with Crippen molar-refractivity contribution in [1.29, 1.82) is 0 Å². The van der Waals surface area contributed by atoms with Crippen molar-refractivity contribution in [3.05, 3.63) is 0 Å². The topological polar surface area (TPSA) is 63.7 Å². The molecule has 2 aliphatic rings. The third-order valence-electron chi connectivity index (χ3n) is 3.48. The third kappa shape index (κ3) is 1.60. The van der Waals surface area contributed by atoms with Crippen LogP contribution in [0, 0.1) is 17.8 Å². The Balaban J connectivity index is 2.11. The summed E-state index contributed by atoms with van der Waals surface area (Å²) in [6.07, 6.45) is 1.51. The molecule has 0 aromatic carbocycles. The highest BCUT2D eigenvalue weighted by molar-refractivity contribution is 6.07. The maximum atomic E-state index is 11.9. The van der Waals surface area contributed by atoms with Gasteiger partial charge in [-0.3, -0.25) is 19.3 Å². The molecule has 1 aliphatic carbocycles. The summed E-state index contributed by atoms with van der Waals surface area (Å²) in [6.45, 7) is 1.80. The van der Waals surface area contributed by atoms with Gasteiger partial charge in [0.25, 0.3) is 0 Å². The molecule has 0 spiro atoms. The normalized spacial score (nSPS) is 33.1. The van der Waals surface area contributed by atoms with Crippen molar-refractivity contribution >= 4 is 17.8 Å². The van der Waals surface area contributed by atoms with Gasteiger partial charge in [0, 0.05) is 0 Å². The number of ether oxygens (including phenoxy) is 1. The van der Waals surface area contributed by atoms with E-state index in [0.717, 1.165) is 17.7 Å². The summed E-state index contributed by atoms with van der Waals surface area (Å²) < 4.78 is 4.47. The van der Waals surface area contributed by atoms with Crippen LogP contribution in [0.4, 0.5) is 0 Å². The van der Waals surface area contributed by atoms with Crippen molar-refractivity contribution in [3.8, 4) is 0 Å². The molecule has 0 aromatic rings. The maximum Gasteiger partial charge on any atom is 0.325 e. The van der Waals surface area contributed by atoms with Gasteiger partial charge < -0.3 is 4.74 Å². The van der Waals surface area contributed by atoms with Crippen molar-refractivity contribution in [1.82, 2.24) is 4.90 Å². The molecule has 0 radical (unpaired) electrons. The molecule has 2 fully saturated rings. The highest BCUT2D eigenvalue weighted by Crippen LogP contribution is 2.42. The van der Waals surface area contributed by atoms with Gasteiger partial charge in [-0.05, 0) is 18.8 Å². The number of hydrogen-bond acceptors (Lipinski definition) is 4. The zero-order chi connectivity index (χ0) is 11.9. The lowest BCUT2D eigenvalue weighted by atomic mass is 10.00. The minimum Gasteiger partial charge on any atom is -0.468 e. The molecule has 5 nitrogen and oxygen atoms in total. The number of carbonyl (C=O) groups is 3. The molecule has 0 bridgehead atoms. The Morgan fingerprint density at radius 3 is 2.25 bits per heavy atom. The van der Waals surface area contributed by atoms with Crippen molar-refractivity contribution in [2.75, 3.05) is 13.7 Å². The number of nitrogens with zero attached hydrogens (tertiary/aromatic N) is 1. The van der Waals surface area contributed by atoms with Crippen LogP contribution in [0.5, 0.6) is 0 Å². The summed E-state index contributed by atoms with van der Waals surface area (Å²) in [7, 11) is 1.25. The Bertz CT molecular complexity index is 328. The second-order valence-electron chi connectivity index (χ2n) is 4.63. The summed E-state index contributed by atoms with van der Waals surface area (Å²) >= 11 is 0. The van der Waals surface area contributed by atoms with E-state index in [1.165, 1.54) is 7.11 Å². The molecule has 5 heteroatoms. The average Bonchev–Trinajstić information content (AvgIpc) is 2.73. The summed E-state index contributed by atoms with van der Waals surface area (Å²) in [6, 6.07) is 0. The molecule has 1 aliphatic heterocycles. The van der Waals surface area contributed by atoms with Crippen LogP contribution >= 0.6 is 0 Å². The predicted molar refractivity (Wildman–Crippen MR) is 54.1 cm³/mol. The van der Waals surface area contributed by atoms with Gasteiger partial charge in [-0.15, -0.1) is 0 Å². The average molecular weight is 225 g/mol. The van der Waals surface area contributed by atoms with Crippen molar-refractivity contribution in [2.24, 2.45) is 17.8 Å². The van der Waals surface area contributed by atoms with Crippen LogP contribution in [0.3, 0.4) is 0 Å². The standard InChI is InChI=1S/C11H15NO4/c1-6-3-7-8(4-6)11(15)12(10(7)14)5-9(13)16-2/h6-8H,3-5H2,1-2H3. The molecule has 1 heterocycles. The van der Waals surface area contributed by atoms with Crippen molar-refractivity contribution in [3.63, 3.8) is 0 Å². The van der Waals surface area contributed by atoms with Gasteiger partial charge in [-0.25, -0.2) is 0 Å². The van der Waals surface area contributed by atoms with Crippen molar-refractivity contribution < 1.29 is 19.1 Å². The number of amides is 2. The van der Waals surface area contributed by atoms with Crippen LogP contribution < -0.4 is 0 Å². The number of esters is 1. The zero-order valence-corrected chi connectivity index (χ0v) is 9.43. The van der Waals surface area contributed by atoms with E-state index in [1.54, 1.807) is 0 Å². The summed E-state index contributed by atoms with van der Waals surface area (Å²) in [5.41, 5.74) is 0. The molecule has 2 rings (SSSR count). The molecule has 2 atom stereocenters. The van der Waals surface area contributed by atoms with E-state index in [0.29, 0.717) is 5.92 Å². The fourth-order valence-corrected chi connectivity index (χ4v) is 2.70. The van der Waals surface area contributed by atoms with Crippen LogP contribution in [0.15, 0.2) is 0 Å². The Labute approximate surface area is 93.7 Å². The molecule has 0 N–H and O–H groups in total. The first-order chi connectivity index (χ1) is 7.54. The number of imide groups is 1. The lowest BCUT2D eigenvalue weighted by molar-refractivity contribution is -0.151. The monoisotopic (exact) mass is 225 g/mol. The molecular formula is C11H15NO4. The number of carbonyl (C=O) groups excluding carboxylic acids is 3. The molecule has 16 heavy (non-hydrogen) atoms. The van der Waals surface area contributed by atoms with E-state index in [9.17, 15) is 14.4 Å². The predicted octanol–water partition coefficient (Wildman–Crippen LogP) is 0.190. The summed E-state index contributed by atoms with van der Waals surface area (Å²) in [5, 5.41) is 0. The van der Waals surface area contributed by atoms with Gasteiger partial charge in [0.1, 0.15) is 6.54 Å². The van der Waals surface area contributed by atoms with Crippen molar-refractivity contribution in [2.45, 2.75) is 19.8 Å². The maximum absolute atomic E-state index is 11.9. The molecule has 0 aromatic heterocycles. The Hall–Kier alpha value is -1.39. The van der Waals surface area contributed by atoms with Gasteiger partial charge in [0.05, 0.1) is 18.9 Å². The van der Waals surface area contributed by atoms with Crippen LogP contribution in [-0.4, -0.2) is 36.3 Å². The third-order valence-corrected chi connectivity index (χ3v) is 3.48. The van der Waals surface area contributed by atoms with Gasteiger partial charge in [-0.1, -0.05) is 6.92 Å². The fourth-order valence-electron chi connectivity index (χ4n) is 2.70. The van der Waals surface area contributed by atoms with Crippen LogP contribution in [-0.2, 0) is 19.1 Å². The summed E-state index contributed by atoms with van der Waals surface area (Å²) in [4.78, 5) is 35.9. The lowest BCUT2D eigenvalue weighted by Gasteiger charge is -2.14. The van der Waals surface area contributed by atoms with E-state index < -0.39 is 5.97 Å². The van der Waals surface area contributed by atoms with E-state index in [-0.39, 0.29) is 30.2 Å². The zero-order valence-electron chi connectivity index (χ0n) is 9.43. The van der Waals surface area contributed by atoms with Crippen LogP contribution in [0.25, 0.3) is 0 Å². The van der Waals surface area contributed by atoms with Crippen LogP contribution in [0.1, 0.15) is 19.8 Å². The highest BCUT2D eigenvalue weighted by Gasteiger charge is 2.52. The number of likely N-dealkylation sites (tertiary alicyclic amines) is 1. The number of rotatable bonds is 2. The smallest absolute Gasteiger partial charge is 0.325 e. The molecule has 2 unspecified atom stereocenters. The lowest BCUT2D eigenvalue weighted by Crippen LogP contribution is -2.37. The first-order valence-corrected chi connectivity index (χ1v) is 5.46. The molecule has 1 saturated heterocycles. The largest absolute Gasteiger partial charge is 0.468 e. The van der Waals surface area contributed by atoms with Gasteiger partial charge in [0.15, 0.2) is 0 Å². The van der Waals surface area contributed by atoms with Gasteiger partial charge >= 0.3 is 5.97 Å².